The maximum atomic E-state index is 13.0. The average Bonchev–Trinajstić information content (AvgIpc) is 3.53. The first-order valence-corrected chi connectivity index (χ1v) is 9.65. The molecule has 0 atom stereocenters. The van der Waals surface area contributed by atoms with Crippen molar-refractivity contribution in [3.05, 3.63) is 64.2 Å². The monoisotopic (exact) mass is 377 g/mol. The van der Waals surface area contributed by atoms with Crippen LogP contribution in [0.4, 0.5) is 14.5 Å². The van der Waals surface area contributed by atoms with E-state index in [1.165, 1.54) is 18.2 Å². The molecule has 4 heteroatoms. The van der Waals surface area contributed by atoms with E-state index in [0.29, 0.717) is 12.2 Å². The summed E-state index contributed by atoms with van der Waals surface area (Å²) < 4.78 is 25.8. The molecular weight excluding hydrogens is 344 g/mol. The molecule has 2 aromatic carbocycles. The van der Waals surface area contributed by atoms with Gasteiger partial charge in [0.25, 0.3) is 0 Å². The van der Waals surface area contributed by atoms with E-state index in [2.05, 4.69) is 5.32 Å². The number of anilines is 1. The van der Waals surface area contributed by atoms with Crippen LogP contribution in [0.3, 0.4) is 0 Å². The second-order valence-corrected chi connectivity index (χ2v) is 5.82. The average molecular weight is 378 g/mol. The third kappa shape index (κ3) is 7.90. The second kappa shape index (κ2) is 13.0. The number of hydrogen-bond acceptors (Lipinski definition) is 2. The molecule has 27 heavy (non-hydrogen) atoms. The van der Waals surface area contributed by atoms with Gasteiger partial charge in [0, 0.05) is 12.7 Å². The van der Waals surface area contributed by atoms with Crippen LogP contribution in [0.5, 0.6) is 0 Å². The van der Waals surface area contributed by atoms with Crippen LogP contribution in [-0.4, -0.2) is 13.3 Å². The van der Waals surface area contributed by atoms with Crippen LogP contribution in [0.2, 0.25) is 0 Å². The molecule has 0 radical (unpaired) electrons. The lowest BCUT2D eigenvalue weighted by molar-refractivity contribution is 0.112. The lowest BCUT2D eigenvalue weighted by Gasteiger charge is -2.07. The summed E-state index contributed by atoms with van der Waals surface area (Å²) in [5, 5.41) is 2.94. The lowest BCUT2D eigenvalue weighted by atomic mass is 10.1. The number of halogens is 2. The Kier molecular flexibility index (Phi) is 11.9. The van der Waals surface area contributed by atoms with Crippen molar-refractivity contribution in [3.8, 4) is 0 Å². The first kappa shape index (κ1) is 24.8. The van der Waals surface area contributed by atoms with Crippen LogP contribution in [0.25, 0.3) is 0 Å². The zero-order chi connectivity index (χ0) is 21.0. The molecule has 0 spiro atoms. The molecule has 0 saturated heterocycles. The molecule has 150 valence electrons. The Balaban J connectivity index is 0.000000425. The summed E-state index contributed by atoms with van der Waals surface area (Å²) in [6.45, 7) is 11.9. The summed E-state index contributed by atoms with van der Waals surface area (Å²) in [6, 6.07) is 7.90. The second-order valence-electron chi connectivity index (χ2n) is 5.82. The topological polar surface area (TPSA) is 29.1 Å². The molecule has 0 bridgehead atoms. The van der Waals surface area contributed by atoms with E-state index in [9.17, 15) is 13.6 Å². The molecule has 1 aliphatic carbocycles. The molecule has 1 aliphatic rings. The predicted octanol–water partition coefficient (Wildman–Crippen LogP) is 7.05. The molecule has 0 aromatic heterocycles. The van der Waals surface area contributed by atoms with Gasteiger partial charge in [-0.1, -0.05) is 33.8 Å². The predicted molar refractivity (Wildman–Crippen MR) is 112 cm³/mol. The summed E-state index contributed by atoms with van der Waals surface area (Å²) in [5.74, 6) is -0.0351. The van der Waals surface area contributed by atoms with Gasteiger partial charge in [-0.2, -0.15) is 0 Å². The van der Waals surface area contributed by atoms with Gasteiger partial charge in [0.2, 0.25) is 0 Å². The molecule has 0 amide bonds. The van der Waals surface area contributed by atoms with Gasteiger partial charge >= 0.3 is 0 Å². The van der Waals surface area contributed by atoms with Gasteiger partial charge in [-0.05, 0) is 73.6 Å². The van der Waals surface area contributed by atoms with Gasteiger partial charge in [-0.25, -0.2) is 8.78 Å². The number of benzene rings is 2. The number of rotatable bonds is 3. The fourth-order valence-electron chi connectivity index (χ4n) is 2.38. The maximum Gasteiger partial charge on any atom is 0.152 e. The normalized spacial score (nSPS) is 11.6. The highest BCUT2D eigenvalue weighted by Crippen LogP contribution is 2.40. The fraction of sp³-hybridized carbons (Fsp3) is 0.435. The quantitative estimate of drug-likeness (QED) is 0.581. The number of carbonyl (C=O) groups excluding carboxylic acids is 1. The number of aldehydes is 1. The van der Waals surface area contributed by atoms with Gasteiger partial charge in [0.15, 0.2) is 6.29 Å². The summed E-state index contributed by atoms with van der Waals surface area (Å²) in [5.41, 5.74) is 4.13. The highest BCUT2D eigenvalue weighted by Gasteiger charge is 2.23. The van der Waals surface area contributed by atoms with Crippen molar-refractivity contribution in [2.45, 2.75) is 60.3 Å². The van der Waals surface area contributed by atoms with Gasteiger partial charge in [0.1, 0.15) is 11.6 Å². The molecule has 3 rings (SSSR count). The lowest BCUT2D eigenvalue weighted by Crippen LogP contribution is -1.94. The molecule has 1 N–H and O–H groups in total. The van der Waals surface area contributed by atoms with Crippen LogP contribution < -0.4 is 5.32 Å². The summed E-state index contributed by atoms with van der Waals surface area (Å²) in [7, 11) is 1.79. The molecule has 1 fully saturated rings. The van der Waals surface area contributed by atoms with E-state index in [1.54, 1.807) is 13.1 Å². The third-order valence-electron chi connectivity index (χ3n) is 4.10. The summed E-state index contributed by atoms with van der Waals surface area (Å²) in [6.07, 6.45) is 2.85. The Morgan fingerprint density at radius 3 is 2.04 bits per heavy atom. The zero-order valence-corrected chi connectivity index (χ0v) is 17.6. The van der Waals surface area contributed by atoms with E-state index < -0.39 is 5.82 Å². The Morgan fingerprint density at radius 1 is 1.00 bits per heavy atom. The Hall–Kier alpha value is -2.23. The molecule has 1 saturated carbocycles. The van der Waals surface area contributed by atoms with E-state index in [4.69, 9.17) is 0 Å². The number of hydrogen-bond donors (Lipinski definition) is 1. The summed E-state index contributed by atoms with van der Waals surface area (Å²) in [4.78, 5) is 10.3. The van der Waals surface area contributed by atoms with Crippen molar-refractivity contribution >= 4 is 12.0 Å². The van der Waals surface area contributed by atoms with Crippen molar-refractivity contribution in [2.24, 2.45) is 0 Å². The minimum Gasteiger partial charge on any atom is -0.388 e. The smallest absolute Gasteiger partial charge is 0.152 e. The van der Waals surface area contributed by atoms with E-state index >= 15 is 0 Å². The van der Waals surface area contributed by atoms with Crippen molar-refractivity contribution in [1.82, 2.24) is 0 Å². The standard InChI is InChI=1S/C10H9FO.C9H12FN.2C2H6/c11-10-5-8(7-1-2-7)3-4-9(10)6-12;1-6-4-8(10)5-9(11-3)7(6)2;2*1-2/h3-7H,1-2H2;4-5,11H,1-3H3;2*1-2H3. The van der Waals surface area contributed by atoms with Crippen molar-refractivity contribution < 1.29 is 13.6 Å². The molecule has 0 heterocycles. The third-order valence-corrected chi connectivity index (χ3v) is 4.10. The summed E-state index contributed by atoms with van der Waals surface area (Å²) >= 11 is 0. The highest BCUT2D eigenvalue weighted by atomic mass is 19.1. The molecule has 0 aliphatic heterocycles. The van der Waals surface area contributed by atoms with Gasteiger partial charge in [-0.15, -0.1) is 0 Å². The van der Waals surface area contributed by atoms with Crippen LogP contribution in [-0.2, 0) is 0 Å². The zero-order valence-electron chi connectivity index (χ0n) is 17.6. The van der Waals surface area contributed by atoms with E-state index in [0.717, 1.165) is 35.2 Å². The first-order valence-electron chi connectivity index (χ1n) is 9.65. The van der Waals surface area contributed by atoms with Crippen LogP contribution in [0, 0.1) is 25.5 Å². The van der Waals surface area contributed by atoms with Gasteiger partial charge in [-0.3, -0.25) is 4.79 Å². The number of carbonyl (C=O) groups is 1. The Labute approximate surface area is 163 Å². The highest BCUT2D eigenvalue weighted by molar-refractivity contribution is 5.75. The van der Waals surface area contributed by atoms with Crippen LogP contribution >= 0.6 is 0 Å². The largest absolute Gasteiger partial charge is 0.388 e. The maximum absolute atomic E-state index is 13.0. The molecule has 0 unspecified atom stereocenters. The van der Waals surface area contributed by atoms with Crippen molar-refractivity contribution in [2.75, 3.05) is 12.4 Å². The molecular formula is C23H33F2NO. The minimum atomic E-state index is -0.394. The first-order chi connectivity index (χ1) is 13.0. The van der Waals surface area contributed by atoms with Crippen molar-refractivity contribution in [3.63, 3.8) is 0 Å². The van der Waals surface area contributed by atoms with Gasteiger partial charge in [0.05, 0.1) is 5.56 Å². The van der Waals surface area contributed by atoms with Gasteiger partial charge < -0.3 is 5.32 Å². The molecule has 2 aromatic rings. The number of nitrogens with one attached hydrogen (secondary N) is 1. The Bertz CT molecular complexity index is 710. The van der Waals surface area contributed by atoms with E-state index in [1.807, 2.05) is 47.6 Å². The molecule has 2 nitrogen and oxygen atoms in total. The number of aryl methyl sites for hydroxylation is 1. The van der Waals surface area contributed by atoms with Crippen LogP contribution in [0.15, 0.2) is 30.3 Å². The SMILES string of the molecule is CC.CC.CNc1cc(F)cc(C)c1C.O=Cc1ccc(C2CC2)cc1F. The van der Waals surface area contributed by atoms with Crippen molar-refractivity contribution in [1.29, 1.82) is 0 Å². The van der Waals surface area contributed by atoms with Crippen LogP contribution in [0.1, 0.15) is 73.5 Å². The van der Waals surface area contributed by atoms with E-state index in [-0.39, 0.29) is 11.4 Å². The Morgan fingerprint density at radius 2 is 1.59 bits per heavy atom. The minimum absolute atomic E-state index is 0.152. The fourth-order valence-corrected chi connectivity index (χ4v) is 2.38.